The Balaban J connectivity index is 2.80. The average molecular weight is 226 g/mol. The van der Waals surface area contributed by atoms with E-state index in [1.807, 2.05) is 0 Å². The van der Waals surface area contributed by atoms with Crippen LogP contribution >= 0.6 is 0 Å². The lowest BCUT2D eigenvalue weighted by Crippen LogP contribution is -2.23. The number of carbonyl (C=O) groups excluding carboxylic acids is 2. The first-order chi connectivity index (χ1) is 7.60. The van der Waals surface area contributed by atoms with Crippen molar-refractivity contribution in [3.63, 3.8) is 0 Å². The van der Waals surface area contributed by atoms with Gasteiger partial charge in [0.15, 0.2) is 0 Å². The normalized spacial score (nSPS) is 9.69. The summed E-state index contributed by atoms with van der Waals surface area (Å²) in [5, 5.41) is 9.21. The van der Waals surface area contributed by atoms with Crippen molar-refractivity contribution in [2.75, 3.05) is 26.0 Å². The second kappa shape index (κ2) is 5.15. The van der Waals surface area contributed by atoms with Crippen molar-refractivity contribution in [2.24, 2.45) is 7.05 Å². The predicted octanol–water partition coefficient (Wildman–Crippen LogP) is -0.635. The van der Waals surface area contributed by atoms with Crippen LogP contribution in [-0.2, 0) is 16.6 Å². The third-order valence-electron chi connectivity index (χ3n) is 2.03. The molecule has 0 aliphatic carbocycles. The highest BCUT2D eigenvalue weighted by Crippen LogP contribution is 2.13. The molecule has 7 nitrogen and oxygen atoms in total. The minimum Gasteiger partial charge on any atom is -0.468 e. The monoisotopic (exact) mass is 226 g/mol. The Morgan fingerprint density at radius 2 is 2.25 bits per heavy atom. The molecule has 0 saturated carbocycles. The smallest absolute Gasteiger partial charge is 0.325 e. The Kier molecular flexibility index (Phi) is 3.87. The molecule has 0 aromatic carbocycles. The van der Waals surface area contributed by atoms with Gasteiger partial charge >= 0.3 is 5.97 Å². The topological polar surface area (TPSA) is 85.2 Å². The van der Waals surface area contributed by atoms with Gasteiger partial charge in [0, 0.05) is 14.1 Å². The van der Waals surface area contributed by atoms with Gasteiger partial charge in [0.05, 0.1) is 19.0 Å². The first kappa shape index (κ1) is 12.0. The number of aromatic nitrogens is 2. The van der Waals surface area contributed by atoms with E-state index in [9.17, 15) is 9.59 Å². The average Bonchev–Trinajstić information content (AvgIpc) is 2.66. The number of anilines is 1. The van der Waals surface area contributed by atoms with Gasteiger partial charge in [-0.2, -0.15) is 5.10 Å². The molecular formula is C9H14N4O3. The SMILES string of the molecule is CNC(=O)c1c(NCC(=O)OC)cnn1C. The zero-order valence-corrected chi connectivity index (χ0v) is 9.40. The summed E-state index contributed by atoms with van der Waals surface area (Å²) < 4.78 is 5.91. The van der Waals surface area contributed by atoms with Gasteiger partial charge in [-0.25, -0.2) is 0 Å². The Morgan fingerprint density at radius 3 is 2.81 bits per heavy atom. The number of methoxy groups -OCH3 is 1. The Morgan fingerprint density at radius 1 is 1.56 bits per heavy atom. The Hall–Kier alpha value is -2.05. The molecule has 0 atom stereocenters. The third kappa shape index (κ3) is 2.50. The van der Waals surface area contributed by atoms with E-state index in [2.05, 4.69) is 20.5 Å². The number of carbonyl (C=O) groups is 2. The Bertz CT molecular complexity index is 399. The van der Waals surface area contributed by atoms with Crippen LogP contribution in [0, 0.1) is 0 Å². The van der Waals surface area contributed by atoms with Crippen molar-refractivity contribution in [1.29, 1.82) is 0 Å². The number of hydrogen-bond acceptors (Lipinski definition) is 5. The van der Waals surface area contributed by atoms with Crippen LogP contribution < -0.4 is 10.6 Å². The zero-order chi connectivity index (χ0) is 12.1. The molecule has 88 valence electrons. The molecule has 1 aromatic heterocycles. The maximum atomic E-state index is 11.5. The minimum absolute atomic E-state index is 0.00775. The van der Waals surface area contributed by atoms with E-state index in [-0.39, 0.29) is 12.5 Å². The molecule has 0 aliphatic heterocycles. The number of aryl methyl sites for hydroxylation is 1. The number of ether oxygens (including phenoxy) is 1. The number of amides is 1. The fourth-order valence-corrected chi connectivity index (χ4v) is 1.19. The molecule has 0 aliphatic rings. The molecule has 0 fully saturated rings. The highest BCUT2D eigenvalue weighted by Gasteiger charge is 2.15. The summed E-state index contributed by atoms with van der Waals surface area (Å²) in [6.45, 7) is -0.00775. The summed E-state index contributed by atoms with van der Waals surface area (Å²) in [5.74, 6) is -0.681. The summed E-state index contributed by atoms with van der Waals surface area (Å²) in [6.07, 6.45) is 1.48. The van der Waals surface area contributed by atoms with Crippen LogP contribution in [0.5, 0.6) is 0 Å². The first-order valence-electron chi connectivity index (χ1n) is 4.65. The number of rotatable bonds is 4. The van der Waals surface area contributed by atoms with Gasteiger partial charge in [-0.15, -0.1) is 0 Å². The van der Waals surface area contributed by atoms with Crippen molar-refractivity contribution < 1.29 is 14.3 Å². The molecule has 0 unspecified atom stereocenters. The van der Waals surface area contributed by atoms with Gasteiger partial charge in [-0.05, 0) is 0 Å². The summed E-state index contributed by atoms with van der Waals surface area (Å²) >= 11 is 0. The van der Waals surface area contributed by atoms with Crippen molar-refractivity contribution in [1.82, 2.24) is 15.1 Å². The Labute approximate surface area is 92.8 Å². The van der Waals surface area contributed by atoms with Crippen LogP contribution in [-0.4, -0.2) is 42.4 Å². The number of hydrogen-bond donors (Lipinski definition) is 2. The van der Waals surface area contributed by atoms with E-state index >= 15 is 0 Å². The van der Waals surface area contributed by atoms with Gasteiger partial charge in [0.2, 0.25) is 0 Å². The van der Waals surface area contributed by atoms with Gasteiger partial charge in [-0.1, -0.05) is 0 Å². The van der Waals surface area contributed by atoms with Crippen LogP contribution in [0.25, 0.3) is 0 Å². The standard InChI is InChI=1S/C9H14N4O3/c1-10-9(15)8-6(4-12-13(8)2)11-5-7(14)16-3/h4,11H,5H2,1-3H3,(H,10,15). The fourth-order valence-electron chi connectivity index (χ4n) is 1.19. The van der Waals surface area contributed by atoms with Gasteiger partial charge in [-0.3, -0.25) is 14.3 Å². The van der Waals surface area contributed by atoms with Crippen LogP contribution in [0.3, 0.4) is 0 Å². The molecule has 2 N–H and O–H groups in total. The maximum absolute atomic E-state index is 11.5. The highest BCUT2D eigenvalue weighted by molar-refractivity contribution is 5.98. The molecule has 0 bridgehead atoms. The summed E-state index contributed by atoms with van der Waals surface area (Å²) in [7, 11) is 4.47. The lowest BCUT2D eigenvalue weighted by molar-refractivity contribution is -0.138. The van der Waals surface area contributed by atoms with E-state index in [1.165, 1.54) is 25.0 Å². The number of nitrogens with one attached hydrogen (secondary N) is 2. The first-order valence-corrected chi connectivity index (χ1v) is 4.65. The maximum Gasteiger partial charge on any atom is 0.325 e. The van der Waals surface area contributed by atoms with E-state index in [0.717, 1.165) is 0 Å². The van der Waals surface area contributed by atoms with Gasteiger partial charge < -0.3 is 15.4 Å². The van der Waals surface area contributed by atoms with Crippen molar-refractivity contribution in [3.05, 3.63) is 11.9 Å². The molecule has 0 spiro atoms. The summed E-state index contributed by atoms with van der Waals surface area (Å²) in [4.78, 5) is 22.4. The van der Waals surface area contributed by atoms with Crippen LogP contribution in [0.4, 0.5) is 5.69 Å². The van der Waals surface area contributed by atoms with Gasteiger partial charge in [0.25, 0.3) is 5.91 Å². The molecule has 1 amide bonds. The predicted molar refractivity (Wildman–Crippen MR) is 57.1 cm³/mol. The molecule has 0 radical (unpaired) electrons. The summed E-state index contributed by atoms with van der Waals surface area (Å²) in [6, 6.07) is 0. The molecule has 1 rings (SSSR count). The van der Waals surface area contributed by atoms with E-state index in [1.54, 1.807) is 7.05 Å². The zero-order valence-electron chi connectivity index (χ0n) is 9.40. The van der Waals surface area contributed by atoms with Crippen molar-refractivity contribution in [3.8, 4) is 0 Å². The van der Waals surface area contributed by atoms with E-state index in [4.69, 9.17) is 0 Å². The van der Waals surface area contributed by atoms with Crippen LogP contribution in [0.15, 0.2) is 6.20 Å². The van der Waals surface area contributed by atoms with E-state index < -0.39 is 5.97 Å². The second-order valence-corrected chi connectivity index (χ2v) is 3.04. The van der Waals surface area contributed by atoms with Gasteiger partial charge in [0.1, 0.15) is 12.2 Å². The third-order valence-corrected chi connectivity index (χ3v) is 2.03. The summed E-state index contributed by atoms with van der Waals surface area (Å²) in [5.41, 5.74) is 0.860. The fraction of sp³-hybridized carbons (Fsp3) is 0.444. The number of esters is 1. The molecule has 1 aromatic rings. The van der Waals surface area contributed by atoms with E-state index in [0.29, 0.717) is 11.4 Å². The molecule has 1 heterocycles. The lowest BCUT2D eigenvalue weighted by atomic mass is 10.3. The lowest BCUT2D eigenvalue weighted by Gasteiger charge is -2.06. The van der Waals surface area contributed by atoms with Crippen molar-refractivity contribution in [2.45, 2.75) is 0 Å². The minimum atomic E-state index is -0.410. The molecule has 0 saturated heterocycles. The number of nitrogens with zero attached hydrogens (tertiary/aromatic N) is 2. The highest BCUT2D eigenvalue weighted by atomic mass is 16.5. The van der Waals surface area contributed by atoms with Crippen LogP contribution in [0.1, 0.15) is 10.5 Å². The molecular weight excluding hydrogens is 212 g/mol. The largest absolute Gasteiger partial charge is 0.468 e. The van der Waals surface area contributed by atoms with Crippen molar-refractivity contribution >= 4 is 17.6 Å². The second-order valence-electron chi connectivity index (χ2n) is 3.04. The van der Waals surface area contributed by atoms with Crippen LogP contribution in [0.2, 0.25) is 0 Å². The quantitative estimate of drug-likeness (QED) is 0.667. The molecule has 7 heteroatoms. The molecule has 16 heavy (non-hydrogen) atoms.